The molecule has 0 atom stereocenters. The minimum absolute atomic E-state index is 0.0670. The lowest BCUT2D eigenvalue weighted by Crippen LogP contribution is -2.47. The van der Waals surface area contributed by atoms with Crippen LogP contribution >= 0.6 is 0 Å². The van der Waals surface area contributed by atoms with Gasteiger partial charge in [0, 0.05) is 12.8 Å². The average Bonchev–Trinajstić information content (AvgIpc) is 2.62. The highest BCUT2D eigenvalue weighted by atomic mass is 32.2. The van der Waals surface area contributed by atoms with Crippen LogP contribution in [0.25, 0.3) is 0 Å². The van der Waals surface area contributed by atoms with E-state index in [9.17, 15) is 43.7 Å². The van der Waals surface area contributed by atoms with Gasteiger partial charge in [-0.15, -0.1) is 0 Å². The summed E-state index contributed by atoms with van der Waals surface area (Å²) >= 11 is 0. The minimum atomic E-state index is -6.49. The van der Waals surface area contributed by atoms with Gasteiger partial charge in [-0.2, -0.15) is 30.7 Å². The van der Waals surface area contributed by atoms with Crippen LogP contribution in [0.3, 0.4) is 0 Å². The number of quaternary nitrogens is 1. The van der Waals surface area contributed by atoms with Gasteiger partial charge in [0.1, 0.15) is 0 Å². The van der Waals surface area contributed by atoms with Crippen molar-refractivity contribution in [3.8, 4) is 0 Å². The summed E-state index contributed by atoms with van der Waals surface area (Å²) < 4.78 is 118. The van der Waals surface area contributed by atoms with Gasteiger partial charge in [-0.1, -0.05) is 19.3 Å². The third-order valence-electron chi connectivity index (χ3n) is 5.37. The molecule has 30 heavy (non-hydrogen) atoms. The molecular weight excluding hydrogens is 443 g/mol. The molecule has 0 aromatic rings. The van der Waals surface area contributed by atoms with Crippen LogP contribution in [0.5, 0.6) is 0 Å². The second-order valence-corrected chi connectivity index (χ2v) is 8.59. The van der Waals surface area contributed by atoms with Gasteiger partial charge in [0.2, 0.25) is 0 Å². The number of hydrogen-bond acceptors (Lipinski definition) is 3. The first-order valence-electron chi connectivity index (χ1n) is 10.1. The Labute approximate surface area is 175 Å². The predicted octanol–water partition coefficient (Wildman–Crippen LogP) is 5.94. The lowest BCUT2D eigenvalue weighted by Gasteiger charge is -2.34. The molecule has 0 unspecified atom stereocenters. The van der Waals surface area contributed by atoms with Gasteiger partial charge in [0.15, 0.2) is 10.1 Å². The van der Waals surface area contributed by atoms with Gasteiger partial charge in [-0.3, -0.25) is 0 Å². The Kier molecular flexibility index (Phi) is 13.7. The molecule has 0 aromatic heterocycles. The van der Waals surface area contributed by atoms with Crippen LogP contribution in [0.1, 0.15) is 72.6 Å². The standard InChI is InChI=1S/C10H15F7O3S.C8H20N/c11-8(12,10(16,17)21(18,19)20)6-4-2-1-3-5-7-9(13,14)15;1-5-9(6-2,7-3)8-4/h1-7H2,(H,18,19,20);5-8H2,1-4H3/q;+1/p-1. The van der Waals surface area contributed by atoms with E-state index in [1.54, 1.807) is 0 Å². The van der Waals surface area contributed by atoms with Gasteiger partial charge in [0.25, 0.3) is 0 Å². The van der Waals surface area contributed by atoms with E-state index in [1.807, 2.05) is 0 Å². The molecule has 0 radical (unpaired) electrons. The lowest BCUT2D eigenvalue weighted by atomic mass is 10.1. The summed E-state index contributed by atoms with van der Waals surface area (Å²) in [5.41, 5.74) is 0. The molecule has 0 rings (SSSR count). The second kappa shape index (κ2) is 13.0. The van der Waals surface area contributed by atoms with Crippen LogP contribution in [0.4, 0.5) is 30.7 Å². The second-order valence-electron chi connectivity index (χ2n) is 7.16. The van der Waals surface area contributed by atoms with E-state index in [4.69, 9.17) is 0 Å². The van der Waals surface area contributed by atoms with Crippen molar-refractivity contribution in [3.63, 3.8) is 0 Å². The molecule has 0 saturated carbocycles. The number of unbranched alkanes of at least 4 members (excludes halogenated alkanes) is 4. The number of alkyl halides is 7. The number of nitrogens with zero attached hydrogens (tertiary/aromatic N) is 1. The summed E-state index contributed by atoms with van der Waals surface area (Å²) in [4.78, 5) is 0. The topological polar surface area (TPSA) is 57.2 Å². The fourth-order valence-electron chi connectivity index (χ4n) is 2.87. The Balaban J connectivity index is 0. The molecule has 0 aliphatic heterocycles. The molecule has 0 heterocycles. The van der Waals surface area contributed by atoms with Crippen molar-refractivity contribution in [2.24, 2.45) is 0 Å². The maximum atomic E-state index is 13.0. The number of hydrogen-bond donors (Lipinski definition) is 0. The molecule has 4 nitrogen and oxygen atoms in total. The molecule has 0 N–H and O–H groups in total. The quantitative estimate of drug-likeness (QED) is 0.143. The van der Waals surface area contributed by atoms with Crippen LogP contribution in [-0.4, -0.2) is 61.0 Å². The summed E-state index contributed by atoms with van der Waals surface area (Å²) in [6.45, 7) is 14.2. The Morgan fingerprint density at radius 1 is 0.667 bits per heavy atom. The first-order chi connectivity index (χ1) is 13.4. The van der Waals surface area contributed by atoms with Gasteiger partial charge in [-0.05, 0) is 40.5 Å². The van der Waals surface area contributed by atoms with Crippen LogP contribution < -0.4 is 0 Å². The van der Waals surface area contributed by atoms with Crippen LogP contribution in [0.15, 0.2) is 0 Å². The molecule has 0 aromatic carbocycles. The van der Waals surface area contributed by atoms with Crippen molar-refractivity contribution in [1.29, 1.82) is 0 Å². The van der Waals surface area contributed by atoms with E-state index in [0.29, 0.717) is 0 Å². The van der Waals surface area contributed by atoms with Crippen molar-refractivity contribution < 1.29 is 48.2 Å². The Morgan fingerprint density at radius 2 is 1.00 bits per heavy atom. The van der Waals surface area contributed by atoms with E-state index < -0.39 is 46.7 Å². The van der Waals surface area contributed by atoms with E-state index in [1.165, 1.54) is 30.7 Å². The molecule has 12 heteroatoms. The zero-order valence-electron chi connectivity index (χ0n) is 18.0. The molecule has 0 bridgehead atoms. The lowest BCUT2D eigenvalue weighted by molar-refractivity contribution is -0.921. The molecule has 184 valence electrons. The largest absolute Gasteiger partial charge is 0.743 e. The highest BCUT2D eigenvalue weighted by Gasteiger charge is 2.60. The molecule has 0 spiro atoms. The highest BCUT2D eigenvalue weighted by Crippen LogP contribution is 2.41. The number of rotatable bonds is 13. The molecule has 0 amide bonds. The van der Waals surface area contributed by atoms with E-state index >= 15 is 0 Å². The maximum absolute atomic E-state index is 13.0. The fraction of sp³-hybridized carbons (Fsp3) is 1.00. The van der Waals surface area contributed by atoms with Gasteiger partial charge in [0.05, 0.1) is 26.2 Å². The van der Waals surface area contributed by atoms with Crippen LogP contribution in [0, 0.1) is 0 Å². The Bertz CT molecular complexity index is 545. The number of halogens is 7. The van der Waals surface area contributed by atoms with Crippen molar-refractivity contribution in [2.75, 3.05) is 26.2 Å². The first kappa shape index (κ1) is 31.6. The van der Waals surface area contributed by atoms with Gasteiger partial charge >= 0.3 is 17.4 Å². The summed E-state index contributed by atoms with van der Waals surface area (Å²) in [7, 11) is -6.49. The van der Waals surface area contributed by atoms with Crippen LogP contribution in [0.2, 0.25) is 0 Å². The zero-order chi connectivity index (χ0) is 24.3. The predicted molar refractivity (Wildman–Crippen MR) is 100 cm³/mol. The zero-order valence-corrected chi connectivity index (χ0v) is 18.8. The van der Waals surface area contributed by atoms with Gasteiger partial charge in [-0.25, -0.2) is 8.42 Å². The van der Waals surface area contributed by atoms with Crippen molar-refractivity contribution in [2.45, 2.75) is 90.0 Å². The minimum Gasteiger partial charge on any atom is -0.743 e. The van der Waals surface area contributed by atoms with Crippen LogP contribution in [-0.2, 0) is 10.1 Å². The molecular formula is C18H34F7NO3S. The van der Waals surface area contributed by atoms with E-state index in [-0.39, 0.29) is 25.7 Å². The van der Waals surface area contributed by atoms with Crippen molar-refractivity contribution in [1.82, 2.24) is 0 Å². The first-order valence-corrected chi connectivity index (χ1v) is 11.5. The summed E-state index contributed by atoms with van der Waals surface area (Å²) in [5.74, 6) is -5.00. The van der Waals surface area contributed by atoms with Crippen molar-refractivity contribution in [3.05, 3.63) is 0 Å². The SMILES string of the molecule is CC[N+](CC)(CC)CC.O=S(=O)([O-])C(F)(F)C(F)(F)CCCCCCCC(F)(F)F. The van der Waals surface area contributed by atoms with E-state index in [0.717, 1.165) is 0 Å². The fourth-order valence-corrected chi connectivity index (χ4v) is 3.34. The Morgan fingerprint density at radius 3 is 1.27 bits per heavy atom. The maximum Gasteiger partial charge on any atom is 0.396 e. The third kappa shape index (κ3) is 11.1. The highest BCUT2D eigenvalue weighted by molar-refractivity contribution is 7.86. The summed E-state index contributed by atoms with van der Waals surface area (Å²) in [6.07, 6.45) is -7.45. The molecule has 0 fully saturated rings. The van der Waals surface area contributed by atoms with E-state index in [2.05, 4.69) is 27.7 Å². The Hall–Kier alpha value is -0.620. The smallest absolute Gasteiger partial charge is 0.396 e. The van der Waals surface area contributed by atoms with Crippen molar-refractivity contribution >= 4 is 10.1 Å². The average molecular weight is 478 g/mol. The summed E-state index contributed by atoms with van der Waals surface area (Å²) in [6, 6.07) is 0. The summed E-state index contributed by atoms with van der Waals surface area (Å²) in [5, 5.41) is -5.70. The molecule has 0 aliphatic carbocycles. The third-order valence-corrected chi connectivity index (χ3v) is 6.30. The molecule has 0 aliphatic rings. The van der Waals surface area contributed by atoms with Gasteiger partial charge < -0.3 is 9.04 Å². The normalized spacial score (nSPS) is 13.7. The monoisotopic (exact) mass is 477 g/mol. The molecule has 0 saturated heterocycles.